The number of aromatic hydroxyl groups is 1. The second-order valence-electron chi connectivity index (χ2n) is 3.36. The quantitative estimate of drug-likeness (QED) is 0.661. The van der Waals surface area contributed by atoms with Gasteiger partial charge < -0.3 is 14.6 Å². The normalized spacial score (nSPS) is 17.2. The average molecular weight is 252 g/mol. The number of hydrogen-bond donors (Lipinski definition) is 1. The second-order valence-corrected chi connectivity index (χ2v) is 4.33. The van der Waals surface area contributed by atoms with Crippen molar-refractivity contribution < 1.29 is 19.4 Å². The summed E-state index contributed by atoms with van der Waals surface area (Å²) in [5.41, 5.74) is 0.799. The number of benzene rings is 1. The summed E-state index contributed by atoms with van der Waals surface area (Å²) < 4.78 is 10.1. The van der Waals surface area contributed by atoms with Gasteiger partial charge in [-0.05, 0) is 30.7 Å². The van der Waals surface area contributed by atoms with Crippen LogP contribution in [0.2, 0.25) is 0 Å². The third kappa shape index (κ3) is 2.74. The predicted molar refractivity (Wildman–Crippen MR) is 65.8 cm³/mol. The minimum absolute atomic E-state index is 0.0932. The molecule has 0 amide bonds. The number of esters is 1. The Labute approximate surface area is 103 Å². The number of cyclic esters (lactones) is 1. The van der Waals surface area contributed by atoms with Gasteiger partial charge in [0.15, 0.2) is 11.5 Å². The van der Waals surface area contributed by atoms with Crippen molar-refractivity contribution in [2.24, 2.45) is 0 Å². The number of hydrogen-bond acceptors (Lipinski definition) is 5. The summed E-state index contributed by atoms with van der Waals surface area (Å²) in [5, 5.41) is 9.54. The van der Waals surface area contributed by atoms with Crippen LogP contribution in [0.15, 0.2) is 23.1 Å². The molecule has 1 saturated heterocycles. The van der Waals surface area contributed by atoms with E-state index in [1.807, 2.05) is 6.92 Å². The van der Waals surface area contributed by atoms with Crippen LogP contribution in [0.4, 0.5) is 0 Å². The first-order valence-electron chi connectivity index (χ1n) is 5.18. The molecule has 17 heavy (non-hydrogen) atoms. The molecule has 1 N–H and O–H groups in total. The summed E-state index contributed by atoms with van der Waals surface area (Å²) in [7, 11) is 0. The highest BCUT2D eigenvalue weighted by Gasteiger charge is 2.19. The summed E-state index contributed by atoms with van der Waals surface area (Å²) >= 11 is 1.35. The third-order valence-electron chi connectivity index (χ3n) is 2.19. The van der Waals surface area contributed by atoms with Crippen LogP contribution in [-0.2, 0) is 9.53 Å². The largest absolute Gasteiger partial charge is 0.504 e. The first kappa shape index (κ1) is 11.9. The van der Waals surface area contributed by atoms with Gasteiger partial charge in [-0.3, -0.25) is 0 Å². The molecule has 0 saturated carbocycles. The number of ether oxygens (including phenoxy) is 2. The lowest BCUT2D eigenvalue weighted by atomic mass is 10.2. The lowest BCUT2D eigenvalue weighted by Gasteiger charge is -2.06. The Morgan fingerprint density at radius 2 is 2.41 bits per heavy atom. The molecule has 5 heteroatoms. The molecule has 4 nitrogen and oxygen atoms in total. The highest BCUT2D eigenvalue weighted by molar-refractivity contribution is 8.04. The molecule has 0 aromatic heterocycles. The molecule has 2 rings (SSSR count). The molecule has 0 spiro atoms. The zero-order valence-corrected chi connectivity index (χ0v) is 10.1. The Hall–Kier alpha value is -1.62. The van der Waals surface area contributed by atoms with Crippen LogP contribution >= 0.6 is 11.8 Å². The number of phenolic OH excluding ortho intramolecular Hbond substituents is 1. The maximum absolute atomic E-state index is 11.3. The lowest BCUT2D eigenvalue weighted by Crippen LogP contribution is -1.94. The van der Waals surface area contributed by atoms with Crippen LogP contribution in [0.25, 0.3) is 6.08 Å². The third-order valence-corrected chi connectivity index (χ3v) is 3.02. The highest BCUT2D eigenvalue weighted by Crippen LogP contribution is 2.31. The maximum Gasteiger partial charge on any atom is 0.345 e. The van der Waals surface area contributed by atoms with Gasteiger partial charge in [-0.25, -0.2) is 4.79 Å². The molecular formula is C12H12O4S. The molecule has 1 aliphatic rings. The van der Waals surface area contributed by atoms with Crippen molar-refractivity contribution in [3.63, 3.8) is 0 Å². The average Bonchev–Trinajstić information content (AvgIpc) is 2.70. The Kier molecular flexibility index (Phi) is 3.58. The summed E-state index contributed by atoms with van der Waals surface area (Å²) in [6.07, 6.45) is 1.72. The fourth-order valence-electron chi connectivity index (χ4n) is 1.42. The molecule has 90 valence electrons. The first-order valence-corrected chi connectivity index (χ1v) is 6.16. The Balaban J connectivity index is 2.27. The van der Waals surface area contributed by atoms with Crippen LogP contribution in [0.1, 0.15) is 12.5 Å². The molecule has 1 heterocycles. The summed E-state index contributed by atoms with van der Waals surface area (Å²) in [4.78, 5) is 11.8. The van der Waals surface area contributed by atoms with E-state index in [0.717, 1.165) is 5.56 Å². The van der Waals surface area contributed by atoms with Crippen LogP contribution < -0.4 is 4.74 Å². The fraction of sp³-hybridized carbons (Fsp3) is 0.250. The lowest BCUT2D eigenvalue weighted by molar-refractivity contribution is -0.134. The van der Waals surface area contributed by atoms with E-state index in [9.17, 15) is 9.90 Å². The van der Waals surface area contributed by atoms with Crippen molar-refractivity contribution in [3.8, 4) is 11.5 Å². The van der Waals surface area contributed by atoms with Gasteiger partial charge in [0, 0.05) is 0 Å². The van der Waals surface area contributed by atoms with Crippen molar-refractivity contribution in [2.45, 2.75) is 6.92 Å². The van der Waals surface area contributed by atoms with Crippen LogP contribution in [0.3, 0.4) is 0 Å². The number of phenols is 1. The zero-order chi connectivity index (χ0) is 12.3. The van der Waals surface area contributed by atoms with Gasteiger partial charge >= 0.3 is 5.97 Å². The molecule has 0 aliphatic carbocycles. The zero-order valence-electron chi connectivity index (χ0n) is 9.30. The van der Waals surface area contributed by atoms with Gasteiger partial charge in [0.25, 0.3) is 0 Å². The monoisotopic (exact) mass is 252 g/mol. The SMILES string of the molecule is CCOc1cc(/C=C2/SCOC2=O)ccc1O. The predicted octanol–water partition coefficient (Wildman–Crippen LogP) is 2.38. The van der Waals surface area contributed by atoms with E-state index < -0.39 is 0 Å². The van der Waals surface area contributed by atoms with E-state index in [0.29, 0.717) is 23.2 Å². The molecule has 0 bridgehead atoms. The van der Waals surface area contributed by atoms with Gasteiger partial charge in [-0.15, -0.1) is 0 Å². The molecule has 1 aromatic carbocycles. The van der Waals surface area contributed by atoms with Crippen molar-refractivity contribution >= 4 is 23.8 Å². The summed E-state index contributed by atoms with van der Waals surface area (Å²) in [6, 6.07) is 4.96. The number of carbonyl (C=O) groups excluding carboxylic acids is 1. The molecular weight excluding hydrogens is 240 g/mol. The Bertz CT molecular complexity index is 468. The van der Waals surface area contributed by atoms with Crippen molar-refractivity contribution in [2.75, 3.05) is 12.5 Å². The molecule has 0 atom stereocenters. The van der Waals surface area contributed by atoms with Gasteiger partial charge in [-0.1, -0.05) is 17.8 Å². The minimum Gasteiger partial charge on any atom is -0.504 e. The molecule has 0 radical (unpaired) electrons. The molecule has 1 aliphatic heterocycles. The molecule has 0 unspecified atom stereocenters. The van der Waals surface area contributed by atoms with Crippen LogP contribution in [0.5, 0.6) is 11.5 Å². The van der Waals surface area contributed by atoms with Gasteiger partial charge in [0.1, 0.15) is 5.94 Å². The van der Waals surface area contributed by atoms with E-state index in [2.05, 4.69) is 0 Å². The smallest absolute Gasteiger partial charge is 0.345 e. The molecule has 1 aromatic rings. The van der Waals surface area contributed by atoms with Gasteiger partial charge in [-0.2, -0.15) is 0 Å². The van der Waals surface area contributed by atoms with Crippen LogP contribution in [-0.4, -0.2) is 23.6 Å². The number of carbonyl (C=O) groups is 1. The maximum atomic E-state index is 11.3. The van der Waals surface area contributed by atoms with E-state index in [4.69, 9.17) is 9.47 Å². The summed E-state index contributed by atoms with van der Waals surface area (Å²) in [5.74, 6) is 0.566. The first-order chi connectivity index (χ1) is 8.20. The van der Waals surface area contributed by atoms with E-state index in [-0.39, 0.29) is 11.7 Å². The second kappa shape index (κ2) is 5.14. The Morgan fingerprint density at radius 1 is 1.59 bits per heavy atom. The Morgan fingerprint density at radius 3 is 3.06 bits per heavy atom. The number of rotatable bonds is 3. The highest BCUT2D eigenvalue weighted by atomic mass is 32.2. The van der Waals surface area contributed by atoms with E-state index in [1.165, 1.54) is 11.8 Å². The van der Waals surface area contributed by atoms with Crippen LogP contribution in [0, 0.1) is 0 Å². The van der Waals surface area contributed by atoms with E-state index in [1.54, 1.807) is 24.3 Å². The van der Waals surface area contributed by atoms with E-state index >= 15 is 0 Å². The summed E-state index contributed by atoms with van der Waals surface area (Å²) in [6.45, 7) is 2.32. The van der Waals surface area contributed by atoms with Crippen molar-refractivity contribution in [3.05, 3.63) is 28.7 Å². The minimum atomic E-state index is -0.305. The standard InChI is InChI=1S/C12H12O4S/c1-2-15-10-5-8(3-4-9(10)13)6-11-12(14)16-7-17-11/h3-6,13H,2,7H2,1H3/b11-6+. The number of thioether (sulfide) groups is 1. The van der Waals surface area contributed by atoms with Gasteiger partial charge in [0.05, 0.1) is 11.5 Å². The molecule has 1 fully saturated rings. The van der Waals surface area contributed by atoms with Crippen molar-refractivity contribution in [1.82, 2.24) is 0 Å². The topological polar surface area (TPSA) is 55.8 Å². The fourth-order valence-corrected chi connectivity index (χ4v) is 2.11. The van der Waals surface area contributed by atoms with Crippen molar-refractivity contribution in [1.29, 1.82) is 0 Å². The van der Waals surface area contributed by atoms with Gasteiger partial charge in [0.2, 0.25) is 0 Å².